The minimum absolute atomic E-state index is 0.109. The number of hydrogen-bond donors (Lipinski definition) is 2. The van der Waals surface area contributed by atoms with Gasteiger partial charge in [-0.15, -0.1) is 11.6 Å². The third-order valence-electron chi connectivity index (χ3n) is 4.55. The minimum Gasteiger partial charge on any atom is -0.369 e. The number of nitrogens with zero attached hydrogens (tertiary/aromatic N) is 1. The largest absolute Gasteiger partial charge is 0.369 e. The van der Waals surface area contributed by atoms with Gasteiger partial charge in [0.05, 0.1) is 5.92 Å². The quantitative estimate of drug-likeness (QED) is 0.768. The fourth-order valence-corrected chi connectivity index (χ4v) is 3.69. The maximum Gasteiger partial charge on any atom is 0.317 e. The van der Waals surface area contributed by atoms with Crippen molar-refractivity contribution < 1.29 is 9.59 Å². The van der Waals surface area contributed by atoms with Crippen LogP contribution < -0.4 is 11.1 Å². The van der Waals surface area contributed by atoms with Gasteiger partial charge in [-0.3, -0.25) is 4.79 Å². The van der Waals surface area contributed by atoms with Crippen molar-refractivity contribution in [1.82, 2.24) is 10.2 Å². The summed E-state index contributed by atoms with van der Waals surface area (Å²) in [6, 6.07) is -0.130. The van der Waals surface area contributed by atoms with Crippen molar-refractivity contribution in [2.75, 3.05) is 12.4 Å². The zero-order valence-electron chi connectivity index (χ0n) is 11.3. The topological polar surface area (TPSA) is 75.4 Å². The Balaban J connectivity index is 2.22. The van der Waals surface area contributed by atoms with Crippen molar-refractivity contribution in [3.63, 3.8) is 0 Å². The third-order valence-corrected chi connectivity index (χ3v) is 4.72. The number of alkyl halides is 1. The molecular weight excluding hydrogens is 266 g/mol. The first-order chi connectivity index (χ1) is 9.06. The summed E-state index contributed by atoms with van der Waals surface area (Å²) in [5, 5.41) is 2.98. The highest BCUT2D eigenvalue weighted by atomic mass is 35.5. The molecule has 4 atom stereocenters. The van der Waals surface area contributed by atoms with Gasteiger partial charge in [0.2, 0.25) is 5.91 Å². The Morgan fingerprint density at radius 3 is 2.79 bits per heavy atom. The monoisotopic (exact) mass is 287 g/mol. The van der Waals surface area contributed by atoms with Crippen LogP contribution in [0.1, 0.15) is 32.6 Å². The van der Waals surface area contributed by atoms with Crippen LogP contribution in [0.15, 0.2) is 0 Å². The number of carbonyl (C=O) groups excluding carboxylic acids is 2. The van der Waals surface area contributed by atoms with E-state index in [9.17, 15) is 9.59 Å². The molecule has 6 heteroatoms. The predicted molar refractivity (Wildman–Crippen MR) is 73.9 cm³/mol. The summed E-state index contributed by atoms with van der Waals surface area (Å²) in [5.74, 6) is 0.169. The first-order valence-electron chi connectivity index (χ1n) is 6.98. The van der Waals surface area contributed by atoms with Crippen molar-refractivity contribution in [2.45, 2.75) is 44.7 Å². The van der Waals surface area contributed by atoms with Crippen LogP contribution in [0.3, 0.4) is 0 Å². The highest BCUT2D eigenvalue weighted by Crippen LogP contribution is 2.34. The molecule has 1 heterocycles. The zero-order chi connectivity index (χ0) is 14.0. The molecule has 0 aromatic rings. The number of hydrogen-bond acceptors (Lipinski definition) is 2. The first-order valence-corrected chi connectivity index (χ1v) is 7.52. The fraction of sp³-hybridized carbons (Fsp3) is 0.846. The molecule has 108 valence electrons. The average Bonchev–Trinajstić information content (AvgIpc) is 2.57. The number of primary amides is 1. The molecule has 2 aliphatic rings. The van der Waals surface area contributed by atoms with E-state index in [1.807, 2.05) is 6.92 Å². The number of nitrogens with one attached hydrogen (secondary N) is 1. The lowest BCUT2D eigenvalue weighted by Crippen LogP contribution is -2.64. The molecule has 0 aromatic carbocycles. The Kier molecular flexibility index (Phi) is 4.55. The number of fused-ring (bicyclic) bond motifs is 1. The fourth-order valence-electron chi connectivity index (χ4n) is 3.51. The van der Waals surface area contributed by atoms with Gasteiger partial charge in [0.15, 0.2) is 0 Å². The van der Waals surface area contributed by atoms with Gasteiger partial charge in [-0.05, 0) is 19.8 Å². The molecule has 1 saturated heterocycles. The van der Waals surface area contributed by atoms with E-state index in [0.29, 0.717) is 12.4 Å². The van der Waals surface area contributed by atoms with E-state index in [4.69, 9.17) is 17.3 Å². The summed E-state index contributed by atoms with van der Waals surface area (Å²) in [4.78, 5) is 25.5. The maximum atomic E-state index is 12.1. The summed E-state index contributed by atoms with van der Waals surface area (Å²) < 4.78 is 0. The molecular formula is C13H22ClN3O2. The maximum absolute atomic E-state index is 12.1. The summed E-state index contributed by atoms with van der Waals surface area (Å²) in [7, 11) is 0. The van der Waals surface area contributed by atoms with E-state index >= 15 is 0 Å². The number of nitrogens with two attached hydrogens (primary N) is 1. The second kappa shape index (κ2) is 5.99. The molecule has 1 saturated carbocycles. The van der Waals surface area contributed by atoms with E-state index in [-0.39, 0.29) is 35.9 Å². The summed E-state index contributed by atoms with van der Waals surface area (Å²) >= 11 is 5.76. The van der Waals surface area contributed by atoms with Crippen LogP contribution in [0.4, 0.5) is 4.79 Å². The molecule has 0 bridgehead atoms. The van der Waals surface area contributed by atoms with E-state index < -0.39 is 0 Å². The number of carbonyl (C=O) groups is 2. The molecule has 0 radical (unpaired) electrons. The normalized spacial score (nSPS) is 35.3. The van der Waals surface area contributed by atoms with Gasteiger partial charge in [0.1, 0.15) is 0 Å². The molecule has 3 amide bonds. The Morgan fingerprint density at radius 1 is 1.47 bits per heavy atom. The van der Waals surface area contributed by atoms with Crippen molar-refractivity contribution in [1.29, 1.82) is 0 Å². The average molecular weight is 288 g/mol. The predicted octanol–water partition coefficient (Wildman–Crippen LogP) is 1.30. The molecule has 3 N–H and O–H groups in total. The lowest BCUT2D eigenvalue weighted by Gasteiger charge is -2.45. The van der Waals surface area contributed by atoms with Gasteiger partial charge in [-0.2, -0.15) is 0 Å². The van der Waals surface area contributed by atoms with Crippen molar-refractivity contribution in [3.8, 4) is 0 Å². The summed E-state index contributed by atoms with van der Waals surface area (Å²) in [6.45, 7) is 2.59. The molecule has 5 nitrogen and oxygen atoms in total. The second-order valence-corrected chi connectivity index (χ2v) is 5.93. The zero-order valence-corrected chi connectivity index (χ0v) is 12.0. The molecule has 1 aliphatic carbocycles. The van der Waals surface area contributed by atoms with Gasteiger partial charge < -0.3 is 16.0 Å². The Bertz CT molecular complexity index is 364. The van der Waals surface area contributed by atoms with Crippen LogP contribution in [0, 0.1) is 11.8 Å². The third kappa shape index (κ3) is 2.81. The number of halogens is 1. The van der Waals surface area contributed by atoms with Crippen LogP contribution in [-0.4, -0.2) is 41.3 Å². The van der Waals surface area contributed by atoms with E-state index in [1.54, 1.807) is 4.90 Å². The van der Waals surface area contributed by atoms with Crippen LogP contribution in [-0.2, 0) is 4.79 Å². The van der Waals surface area contributed by atoms with Crippen LogP contribution in [0.25, 0.3) is 0 Å². The molecule has 19 heavy (non-hydrogen) atoms. The number of amides is 3. The Morgan fingerprint density at radius 2 is 2.16 bits per heavy atom. The van der Waals surface area contributed by atoms with Gasteiger partial charge in [0.25, 0.3) is 0 Å². The van der Waals surface area contributed by atoms with Gasteiger partial charge in [-0.1, -0.05) is 12.8 Å². The lowest BCUT2D eigenvalue weighted by molar-refractivity contribution is -0.123. The van der Waals surface area contributed by atoms with Gasteiger partial charge >= 0.3 is 6.03 Å². The molecule has 0 spiro atoms. The molecule has 0 aromatic heterocycles. The Hall–Kier alpha value is -0.970. The summed E-state index contributed by atoms with van der Waals surface area (Å²) in [6.07, 6.45) is 3.88. The second-order valence-electron chi connectivity index (χ2n) is 5.56. The van der Waals surface area contributed by atoms with Crippen molar-refractivity contribution in [2.24, 2.45) is 17.6 Å². The number of rotatable bonds is 3. The minimum atomic E-state index is -0.296. The van der Waals surface area contributed by atoms with Crippen molar-refractivity contribution in [3.05, 3.63) is 0 Å². The standard InChI is InChI=1S/C13H22ClN3O2/c1-8-9-4-2-3-5-10(12(15)18)11(9)16-13(19)17(8)7-6-14/h8-11H,2-7H2,1H3,(H2,15,18)(H,16,19)/t8?,9?,10-,11?/m1/s1. The highest BCUT2D eigenvalue weighted by Gasteiger charge is 2.44. The molecule has 1 aliphatic heterocycles. The smallest absolute Gasteiger partial charge is 0.317 e. The molecule has 2 fully saturated rings. The van der Waals surface area contributed by atoms with E-state index in [2.05, 4.69) is 5.32 Å². The van der Waals surface area contributed by atoms with Crippen LogP contribution >= 0.6 is 11.6 Å². The van der Waals surface area contributed by atoms with E-state index in [0.717, 1.165) is 25.7 Å². The Labute approximate surface area is 118 Å². The van der Waals surface area contributed by atoms with Gasteiger partial charge in [0, 0.05) is 30.4 Å². The van der Waals surface area contributed by atoms with E-state index in [1.165, 1.54) is 0 Å². The molecule has 3 unspecified atom stereocenters. The highest BCUT2D eigenvalue weighted by molar-refractivity contribution is 6.18. The molecule has 2 rings (SSSR count). The van der Waals surface area contributed by atoms with Crippen molar-refractivity contribution >= 4 is 23.5 Å². The first kappa shape index (κ1) is 14.4. The summed E-state index contributed by atoms with van der Waals surface area (Å²) in [5.41, 5.74) is 5.50. The SMILES string of the molecule is CC1C2CCCC[C@@H](C(N)=O)C2NC(=O)N1CCCl. The number of urea groups is 1. The van der Waals surface area contributed by atoms with Gasteiger partial charge in [-0.25, -0.2) is 4.79 Å². The lowest BCUT2D eigenvalue weighted by atomic mass is 9.80. The van der Waals surface area contributed by atoms with Crippen LogP contribution in [0.2, 0.25) is 0 Å². The van der Waals surface area contributed by atoms with Crippen LogP contribution in [0.5, 0.6) is 0 Å².